The number of aromatic carboxylic acids is 1. The molecule has 0 atom stereocenters. The number of nitrogens with one attached hydrogen (secondary N) is 1. The lowest BCUT2D eigenvalue weighted by Crippen LogP contribution is -2.23. The predicted molar refractivity (Wildman–Crippen MR) is 65.6 cm³/mol. The minimum absolute atomic E-state index is 0.139. The number of carboxylic acids is 1. The Bertz CT molecular complexity index is 621. The molecule has 0 aliphatic heterocycles. The lowest BCUT2D eigenvalue weighted by molar-refractivity contribution is 0.0696. The lowest BCUT2D eigenvalue weighted by atomic mass is 10.2. The maximum atomic E-state index is 11.7. The monoisotopic (exact) mass is 260 g/mol. The van der Waals surface area contributed by atoms with Crippen molar-refractivity contribution in [1.29, 1.82) is 0 Å². The normalized spacial score (nSPS) is 10.2. The Morgan fingerprint density at radius 3 is 2.84 bits per heavy atom. The van der Waals surface area contributed by atoms with Crippen LogP contribution in [-0.2, 0) is 13.6 Å². The number of pyridine rings is 1. The lowest BCUT2D eigenvalue weighted by Gasteiger charge is -2.03. The fourth-order valence-electron chi connectivity index (χ4n) is 1.52. The van der Waals surface area contributed by atoms with Crippen molar-refractivity contribution in [2.24, 2.45) is 7.05 Å². The summed E-state index contributed by atoms with van der Waals surface area (Å²) in [6.45, 7) is 0.162. The minimum Gasteiger partial charge on any atom is -0.478 e. The zero-order chi connectivity index (χ0) is 13.8. The van der Waals surface area contributed by atoms with Crippen molar-refractivity contribution >= 4 is 11.9 Å². The van der Waals surface area contributed by atoms with E-state index in [1.54, 1.807) is 13.2 Å². The fraction of sp³-hybridized carbons (Fsp3) is 0.167. The van der Waals surface area contributed by atoms with Gasteiger partial charge in [-0.15, -0.1) is 0 Å². The van der Waals surface area contributed by atoms with E-state index in [1.165, 1.54) is 29.2 Å². The van der Waals surface area contributed by atoms with Crippen LogP contribution in [0.2, 0.25) is 0 Å². The van der Waals surface area contributed by atoms with Gasteiger partial charge in [-0.2, -0.15) is 5.10 Å². The van der Waals surface area contributed by atoms with Crippen molar-refractivity contribution in [2.75, 3.05) is 0 Å². The van der Waals surface area contributed by atoms with E-state index in [4.69, 9.17) is 5.11 Å². The van der Waals surface area contributed by atoms with Crippen molar-refractivity contribution < 1.29 is 14.7 Å². The third-order valence-electron chi connectivity index (χ3n) is 2.46. The molecule has 2 aromatic rings. The Labute approximate surface area is 108 Å². The van der Waals surface area contributed by atoms with Gasteiger partial charge in [0.15, 0.2) is 0 Å². The first-order valence-corrected chi connectivity index (χ1v) is 5.51. The van der Waals surface area contributed by atoms with Gasteiger partial charge in [-0.05, 0) is 12.1 Å². The second kappa shape index (κ2) is 5.30. The molecule has 1 amide bonds. The summed E-state index contributed by atoms with van der Waals surface area (Å²) in [7, 11) is 1.72. The fourth-order valence-corrected chi connectivity index (χ4v) is 1.52. The summed E-state index contributed by atoms with van der Waals surface area (Å²) in [5.74, 6) is -1.31. The molecule has 7 heteroatoms. The van der Waals surface area contributed by atoms with Crippen LogP contribution in [0.3, 0.4) is 0 Å². The molecule has 2 N–H and O–H groups in total. The van der Waals surface area contributed by atoms with Crippen LogP contribution >= 0.6 is 0 Å². The predicted octanol–water partition coefficient (Wildman–Crippen LogP) is 0.443. The Hall–Kier alpha value is -2.70. The van der Waals surface area contributed by atoms with Gasteiger partial charge in [0.25, 0.3) is 5.91 Å². The molecule has 0 aliphatic rings. The van der Waals surface area contributed by atoms with Gasteiger partial charge in [0.1, 0.15) is 0 Å². The topological polar surface area (TPSA) is 97.1 Å². The first kappa shape index (κ1) is 12.7. The van der Waals surface area contributed by atoms with E-state index >= 15 is 0 Å². The van der Waals surface area contributed by atoms with Gasteiger partial charge in [0.2, 0.25) is 0 Å². The summed E-state index contributed by atoms with van der Waals surface area (Å²) in [4.78, 5) is 26.5. The van der Waals surface area contributed by atoms with Crippen LogP contribution in [0.15, 0.2) is 30.7 Å². The number of carbonyl (C=O) groups is 2. The van der Waals surface area contributed by atoms with E-state index in [-0.39, 0.29) is 18.0 Å². The number of aromatic nitrogens is 3. The van der Waals surface area contributed by atoms with Gasteiger partial charge in [0.05, 0.1) is 29.6 Å². The van der Waals surface area contributed by atoms with Gasteiger partial charge >= 0.3 is 5.97 Å². The first-order chi connectivity index (χ1) is 9.06. The summed E-state index contributed by atoms with van der Waals surface area (Å²) < 4.78 is 1.53. The second-order valence-corrected chi connectivity index (χ2v) is 3.93. The molecule has 2 aromatic heterocycles. The van der Waals surface area contributed by atoms with Crippen LogP contribution in [0.1, 0.15) is 26.4 Å². The minimum atomic E-state index is -1.03. The van der Waals surface area contributed by atoms with E-state index in [2.05, 4.69) is 15.4 Å². The largest absolute Gasteiger partial charge is 0.478 e. The molecule has 2 rings (SSSR count). The summed E-state index contributed by atoms with van der Waals surface area (Å²) in [5.41, 5.74) is 1.06. The molecule has 0 spiro atoms. The quantitative estimate of drug-likeness (QED) is 0.831. The zero-order valence-corrected chi connectivity index (χ0v) is 10.2. The van der Waals surface area contributed by atoms with Crippen LogP contribution in [0, 0.1) is 0 Å². The molecule has 0 saturated carbocycles. The van der Waals surface area contributed by atoms with E-state index < -0.39 is 5.97 Å². The standard InChI is InChI=1S/C12H12N4O3/c1-16-7-9(5-15-16)11(17)14-6-10-4-8(12(18)19)2-3-13-10/h2-5,7H,6H2,1H3,(H,14,17)(H,18,19). The van der Waals surface area contributed by atoms with Crippen LogP contribution < -0.4 is 5.32 Å². The van der Waals surface area contributed by atoms with Gasteiger partial charge < -0.3 is 10.4 Å². The van der Waals surface area contributed by atoms with E-state index in [9.17, 15) is 9.59 Å². The van der Waals surface area contributed by atoms with Crippen LogP contribution in [0.25, 0.3) is 0 Å². The average Bonchev–Trinajstić information content (AvgIpc) is 2.83. The molecule has 2 heterocycles. The van der Waals surface area contributed by atoms with Crippen molar-refractivity contribution in [3.8, 4) is 0 Å². The average molecular weight is 260 g/mol. The van der Waals surface area contributed by atoms with Crippen molar-refractivity contribution in [3.63, 3.8) is 0 Å². The first-order valence-electron chi connectivity index (χ1n) is 5.51. The molecule has 0 aliphatic carbocycles. The highest BCUT2D eigenvalue weighted by atomic mass is 16.4. The number of rotatable bonds is 4. The molecule has 98 valence electrons. The van der Waals surface area contributed by atoms with Gasteiger partial charge in [0, 0.05) is 19.4 Å². The molecular formula is C12H12N4O3. The van der Waals surface area contributed by atoms with Gasteiger partial charge in [-0.3, -0.25) is 14.5 Å². The van der Waals surface area contributed by atoms with E-state index in [0.717, 1.165) is 0 Å². The molecule has 7 nitrogen and oxygen atoms in total. The Morgan fingerprint density at radius 2 is 2.21 bits per heavy atom. The summed E-state index contributed by atoms with van der Waals surface area (Å²) in [5, 5.41) is 15.4. The summed E-state index contributed by atoms with van der Waals surface area (Å²) in [6, 6.07) is 2.82. The van der Waals surface area contributed by atoms with Crippen LogP contribution in [-0.4, -0.2) is 31.7 Å². The summed E-state index contributed by atoms with van der Waals surface area (Å²) in [6.07, 6.45) is 4.45. The molecule has 19 heavy (non-hydrogen) atoms. The zero-order valence-electron chi connectivity index (χ0n) is 10.2. The van der Waals surface area contributed by atoms with Crippen molar-refractivity contribution in [2.45, 2.75) is 6.54 Å². The Morgan fingerprint density at radius 1 is 1.42 bits per heavy atom. The highest BCUT2D eigenvalue weighted by molar-refractivity contribution is 5.93. The molecule has 0 unspecified atom stereocenters. The number of hydrogen-bond donors (Lipinski definition) is 2. The number of carbonyl (C=O) groups excluding carboxylic acids is 1. The van der Waals surface area contributed by atoms with Crippen LogP contribution in [0.5, 0.6) is 0 Å². The third kappa shape index (κ3) is 3.15. The highest BCUT2D eigenvalue weighted by Crippen LogP contribution is 2.02. The molecule has 0 fully saturated rings. The van der Waals surface area contributed by atoms with Gasteiger partial charge in [-0.25, -0.2) is 4.79 Å². The van der Waals surface area contributed by atoms with E-state index in [0.29, 0.717) is 11.3 Å². The number of amides is 1. The SMILES string of the molecule is Cn1cc(C(=O)NCc2cc(C(=O)O)ccn2)cn1. The molecule has 0 saturated heterocycles. The number of carboxylic acid groups (broad SMARTS) is 1. The number of hydrogen-bond acceptors (Lipinski definition) is 4. The number of aryl methyl sites for hydroxylation is 1. The van der Waals surface area contributed by atoms with Crippen molar-refractivity contribution in [3.05, 3.63) is 47.5 Å². The van der Waals surface area contributed by atoms with Crippen LogP contribution in [0.4, 0.5) is 0 Å². The maximum Gasteiger partial charge on any atom is 0.335 e. The van der Waals surface area contributed by atoms with E-state index in [1.807, 2.05) is 0 Å². The summed E-state index contributed by atoms with van der Waals surface area (Å²) >= 11 is 0. The Balaban J connectivity index is 2.01. The highest BCUT2D eigenvalue weighted by Gasteiger charge is 2.09. The Kier molecular flexibility index (Phi) is 3.56. The van der Waals surface area contributed by atoms with Gasteiger partial charge in [-0.1, -0.05) is 0 Å². The van der Waals surface area contributed by atoms with Crippen molar-refractivity contribution in [1.82, 2.24) is 20.1 Å². The molecule has 0 bridgehead atoms. The molecule has 0 aromatic carbocycles. The smallest absolute Gasteiger partial charge is 0.335 e. The molecular weight excluding hydrogens is 248 g/mol. The second-order valence-electron chi connectivity index (χ2n) is 3.93. The third-order valence-corrected chi connectivity index (χ3v) is 2.46. The number of nitrogens with zero attached hydrogens (tertiary/aromatic N) is 3. The molecule has 0 radical (unpaired) electrons. The maximum absolute atomic E-state index is 11.7.